The first kappa shape index (κ1) is 13.5. The van der Waals surface area contributed by atoms with E-state index < -0.39 is 0 Å². The zero-order valence-corrected chi connectivity index (χ0v) is 13.3. The molecule has 0 amide bonds. The topological polar surface area (TPSA) is 30.0 Å². The average Bonchev–Trinajstić information content (AvgIpc) is 2.83. The van der Waals surface area contributed by atoms with Gasteiger partial charge in [-0.15, -0.1) is 11.3 Å². The Bertz CT molecular complexity index is 794. The van der Waals surface area contributed by atoms with E-state index >= 15 is 0 Å². The number of carbonyl (C=O) groups is 1. The maximum atomic E-state index is 12.6. The number of hydrogen-bond acceptors (Lipinski definition) is 3. The van der Waals surface area contributed by atoms with Gasteiger partial charge in [0.05, 0.1) is 5.52 Å². The minimum atomic E-state index is 0.140. The van der Waals surface area contributed by atoms with E-state index in [0.29, 0.717) is 6.42 Å². The molecular formula is C16H12BrNOS. The largest absolute Gasteiger partial charge is 0.294 e. The van der Waals surface area contributed by atoms with Gasteiger partial charge in [0, 0.05) is 37.8 Å². The quantitative estimate of drug-likeness (QED) is 0.638. The van der Waals surface area contributed by atoms with Gasteiger partial charge in [0.2, 0.25) is 0 Å². The number of rotatable bonds is 3. The number of thiophene rings is 1. The smallest absolute Gasteiger partial charge is 0.168 e. The highest BCUT2D eigenvalue weighted by Crippen LogP contribution is 2.24. The third-order valence-electron chi connectivity index (χ3n) is 3.10. The van der Waals surface area contributed by atoms with Crippen molar-refractivity contribution in [1.82, 2.24) is 4.98 Å². The lowest BCUT2D eigenvalue weighted by atomic mass is 10.0. The molecule has 2 aromatic heterocycles. The van der Waals surface area contributed by atoms with E-state index in [1.165, 1.54) is 0 Å². The molecule has 0 aliphatic carbocycles. The lowest BCUT2D eigenvalue weighted by molar-refractivity contribution is 0.0995. The maximum absolute atomic E-state index is 12.6. The van der Waals surface area contributed by atoms with Crippen molar-refractivity contribution in [3.63, 3.8) is 0 Å². The number of aromatic nitrogens is 1. The van der Waals surface area contributed by atoms with Gasteiger partial charge in [-0.3, -0.25) is 9.78 Å². The fraction of sp³-hybridized carbons (Fsp3) is 0.125. The van der Waals surface area contributed by atoms with Crippen molar-refractivity contribution in [2.75, 3.05) is 0 Å². The predicted molar refractivity (Wildman–Crippen MR) is 86.5 cm³/mol. The van der Waals surface area contributed by atoms with Gasteiger partial charge >= 0.3 is 0 Å². The van der Waals surface area contributed by atoms with Crippen LogP contribution in [0.2, 0.25) is 0 Å². The summed E-state index contributed by atoms with van der Waals surface area (Å²) in [6, 6.07) is 11.7. The SMILES string of the molecule is Cc1cc(C(=O)Cc2cc(Br)cs2)c2ccccc2n1. The van der Waals surface area contributed by atoms with Crippen LogP contribution in [0.5, 0.6) is 0 Å². The van der Waals surface area contributed by atoms with E-state index in [0.717, 1.165) is 31.5 Å². The van der Waals surface area contributed by atoms with Crippen LogP contribution in [0, 0.1) is 6.92 Å². The Kier molecular flexibility index (Phi) is 3.68. The van der Waals surface area contributed by atoms with Crippen LogP contribution in [-0.4, -0.2) is 10.8 Å². The molecule has 1 aromatic carbocycles. The Morgan fingerprint density at radius 2 is 2.10 bits per heavy atom. The van der Waals surface area contributed by atoms with Crippen LogP contribution in [0.3, 0.4) is 0 Å². The van der Waals surface area contributed by atoms with Crippen molar-refractivity contribution in [1.29, 1.82) is 0 Å². The Morgan fingerprint density at radius 3 is 2.85 bits per heavy atom. The number of fused-ring (bicyclic) bond motifs is 1. The van der Waals surface area contributed by atoms with Crippen LogP contribution in [0.4, 0.5) is 0 Å². The van der Waals surface area contributed by atoms with Gasteiger partial charge in [-0.05, 0) is 41.1 Å². The van der Waals surface area contributed by atoms with E-state index in [9.17, 15) is 4.79 Å². The van der Waals surface area contributed by atoms with Crippen LogP contribution in [0.15, 0.2) is 46.3 Å². The summed E-state index contributed by atoms with van der Waals surface area (Å²) in [5, 5.41) is 2.93. The molecule has 3 rings (SSSR count). The minimum Gasteiger partial charge on any atom is -0.294 e. The van der Waals surface area contributed by atoms with Gasteiger partial charge in [0.15, 0.2) is 5.78 Å². The third kappa shape index (κ3) is 2.67. The van der Waals surface area contributed by atoms with Crippen LogP contribution in [-0.2, 0) is 6.42 Å². The highest BCUT2D eigenvalue weighted by atomic mass is 79.9. The number of hydrogen-bond donors (Lipinski definition) is 0. The van der Waals surface area contributed by atoms with Crippen molar-refractivity contribution in [3.05, 3.63) is 62.4 Å². The number of ketones is 1. The first-order valence-corrected chi connectivity index (χ1v) is 7.93. The second-order valence-electron chi connectivity index (χ2n) is 4.66. The zero-order valence-electron chi connectivity index (χ0n) is 10.9. The Balaban J connectivity index is 2.02. The van der Waals surface area contributed by atoms with E-state index in [1.54, 1.807) is 11.3 Å². The number of benzene rings is 1. The lowest BCUT2D eigenvalue weighted by Gasteiger charge is -2.06. The molecule has 0 aliphatic heterocycles. The van der Waals surface area contributed by atoms with Crippen LogP contribution >= 0.6 is 27.3 Å². The van der Waals surface area contributed by atoms with Gasteiger partial charge in [-0.1, -0.05) is 18.2 Å². The molecule has 4 heteroatoms. The summed E-state index contributed by atoms with van der Waals surface area (Å²) >= 11 is 5.02. The highest BCUT2D eigenvalue weighted by Gasteiger charge is 2.13. The Labute approximate surface area is 129 Å². The summed E-state index contributed by atoms with van der Waals surface area (Å²) in [7, 11) is 0. The maximum Gasteiger partial charge on any atom is 0.168 e. The molecule has 0 saturated carbocycles. The molecule has 0 unspecified atom stereocenters. The fourth-order valence-corrected chi connectivity index (χ4v) is 3.69. The van der Waals surface area contributed by atoms with E-state index in [4.69, 9.17) is 0 Å². The summed E-state index contributed by atoms with van der Waals surface area (Å²) in [6.45, 7) is 1.92. The molecule has 2 heterocycles. The van der Waals surface area contributed by atoms with E-state index in [2.05, 4.69) is 20.9 Å². The molecule has 0 bridgehead atoms. The van der Waals surface area contributed by atoms with Gasteiger partial charge in [-0.25, -0.2) is 0 Å². The number of aryl methyl sites for hydroxylation is 1. The first-order valence-electron chi connectivity index (χ1n) is 6.26. The molecule has 0 radical (unpaired) electrons. The molecule has 3 aromatic rings. The van der Waals surface area contributed by atoms with Crippen molar-refractivity contribution in [2.45, 2.75) is 13.3 Å². The third-order valence-corrected chi connectivity index (χ3v) is 4.80. The van der Waals surface area contributed by atoms with Gasteiger partial charge < -0.3 is 0 Å². The standard InChI is InChI=1S/C16H12BrNOS/c1-10-6-14(13-4-2-3-5-15(13)18-10)16(19)8-12-7-11(17)9-20-12/h2-7,9H,8H2,1H3. The van der Waals surface area contributed by atoms with Crippen molar-refractivity contribution in [3.8, 4) is 0 Å². The number of para-hydroxylation sites is 1. The van der Waals surface area contributed by atoms with Gasteiger partial charge in [0.25, 0.3) is 0 Å². The summed E-state index contributed by atoms with van der Waals surface area (Å²) in [6.07, 6.45) is 0.434. The zero-order chi connectivity index (χ0) is 14.1. The molecule has 0 N–H and O–H groups in total. The first-order chi connectivity index (χ1) is 9.63. The lowest BCUT2D eigenvalue weighted by Crippen LogP contribution is -2.04. The van der Waals surface area contributed by atoms with Gasteiger partial charge in [-0.2, -0.15) is 0 Å². The predicted octanol–water partition coefficient (Wildman–Crippen LogP) is 4.79. The normalized spacial score (nSPS) is 10.9. The molecular weight excluding hydrogens is 334 g/mol. The number of carbonyl (C=O) groups excluding carboxylic acids is 1. The van der Waals surface area contributed by atoms with Crippen molar-refractivity contribution in [2.24, 2.45) is 0 Å². The number of Topliss-reactive ketones (excluding diaryl/α,β-unsaturated/α-hetero) is 1. The fourth-order valence-electron chi connectivity index (χ4n) is 2.24. The Morgan fingerprint density at radius 1 is 1.30 bits per heavy atom. The van der Waals surface area contributed by atoms with E-state index in [-0.39, 0.29) is 5.78 Å². The number of halogens is 1. The van der Waals surface area contributed by atoms with Crippen LogP contribution < -0.4 is 0 Å². The van der Waals surface area contributed by atoms with Crippen LogP contribution in [0.25, 0.3) is 10.9 Å². The minimum absolute atomic E-state index is 0.140. The van der Waals surface area contributed by atoms with Crippen molar-refractivity contribution < 1.29 is 4.79 Å². The average molecular weight is 346 g/mol. The molecule has 2 nitrogen and oxygen atoms in total. The second-order valence-corrected chi connectivity index (χ2v) is 6.57. The van der Waals surface area contributed by atoms with Crippen molar-refractivity contribution >= 4 is 44.0 Å². The molecule has 0 saturated heterocycles. The molecule has 100 valence electrons. The second kappa shape index (κ2) is 5.46. The van der Waals surface area contributed by atoms with Gasteiger partial charge in [0.1, 0.15) is 0 Å². The van der Waals surface area contributed by atoms with E-state index in [1.807, 2.05) is 48.7 Å². The molecule has 0 atom stereocenters. The number of pyridine rings is 1. The molecule has 20 heavy (non-hydrogen) atoms. The summed E-state index contributed by atoms with van der Waals surface area (Å²) in [5.41, 5.74) is 2.51. The molecule has 0 spiro atoms. The number of nitrogens with zero attached hydrogens (tertiary/aromatic N) is 1. The molecule has 0 fully saturated rings. The van der Waals surface area contributed by atoms with Crippen LogP contribution in [0.1, 0.15) is 20.9 Å². The summed E-state index contributed by atoms with van der Waals surface area (Å²) in [5.74, 6) is 0.140. The Hall–Kier alpha value is -1.52. The highest BCUT2D eigenvalue weighted by molar-refractivity contribution is 9.10. The summed E-state index contributed by atoms with van der Waals surface area (Å²) in [4.78, 5) is 18.1. The monoisotopic (exact) mass is 345 g/mol. The molecule has 0 aliphatic rings. The summed E-state index contributed by atoms with van der Waals surface area (Å²) < 4.78 is 1.03.